The average molecular weight is 625 g/mol. The van der Waals surface area contributed by atoms with E-state index in [0.29, 0.717) is 42.4 Å². The molecule has 2 saturated heterocycles. The van der Waals surface area contributed by atoms with Crippen LogP contribution in [-0.2, 0) is 21.7 Å². The molecule has 1 saturated carbocycles. The normalized spacial score (nSPS) is 29.5. The highest BCUT2D eigenvalue weighted by Gasteiger charge is 2.69. The van der Waals surface area contributed by atoms with Crippen molar-refractivity contribution in [3.63, 3.8) is 0 Å². The van der Waals surface area contributed by atoms with Gasteiger partial charge in [0.25, 0.3) is 0 Å². The van der Waals surface area contributed by atoms with Crippen LogP contribution in [0.1, 0.15) is 42.4 Å². The van der Waals surface area contributed by atoms with Gasteiger partial charge in [-0.1, -0.05) is 53.5 Å². The third-order valence-electron chi connectivity index (χ3n) is 9.75. The summed E-state index contributed by atoms with van der Waals surface area (Å²) in [6, 6.07) is 17.9. The number of hydrogen-bond donors (Lipinski definition) is 2. The van der Waals surface area contributed by atoms with Crippen molar-refractivity contribution in [1.29, 1.82) is 0 Å². The standard InChI is InChI=1S/C33H32Cl2FN3O4/c1-2-43-21-6-3-5-18(13-21)16-39-27-11-12-38(17-19-14-23(19)31(40)41)30(27)28(22-7-4-8-25(35)29(22)36)33(39)24-10-9-20(34)15-26(24)37-32(33)42/h3-10,13,15,19,23,27-28,30H,2,11-12,14,16-17H2,1H3,(H,37,42)(H,40,41)/t19?,23?,27-,28-,30+,33+/m1/s1. The van der Waals surface area contributed by atoms with Gasteiger partial charge in [0.2, 0.25) is 5.91 Å². The minimum atomic E-state index is -1.27. The van der Waals surface area contributed by atoms with E-state index in [2.05, 4.69) is 15.1 Å². The Morgan fingerprint density at radius 2 is 1.98 bits per heavy atom. The summed E-state index contributed by atoms with van der Waals surface area (Å²) < 4.78 is 21.9. The first kappa shape index (κ1) is 28.6. The van der Waals surface area contributed by atoms with E-state index in [-0.39, 0.29) is 34.8 Å². The average Bonchev–Trinajstić information content (AvgIpc) is 3.44. The van der Waals surface area contributed by atoms with E-state index < -0.39 is 23.2 Å². The molecular formula is C33H32Cl2FN3O4. The van der Waals surface area contributed by atoms with Crippen molar-refractivity contribution in [3.8, 4) is 5.75 Å². The molecule has 3 aromatic rings. The third-order valence-corrected chi connectivity index (χ3v) is 10.3. The number of anilines is 1. The number of carbonyl (C=O) groups excluding carboxylic acids is 1. The van der Waals surface area contributed by atoms with Crippen LogP contribution in [0.15, 0.2) is 60.7 Å². The number of amides is 1. The number of nitrogens with zero attached hydrogens (tertiary/aromatic N) is 2. The summed E-state index contributed by atoms with van der Waals surface area (Å²) in [5.74, 6) is -1.78. The van der Waals surface area contributed by atoms with Gasteiger partial charge < -0.3 is 15.2 Å². The molecule has 7 rings (SSSR count). The van der Waals surface area contributed by atoms with Crippen LogP contribution in [0.3, 0.4) is 0 Å². The van der Waals surface area contributed by atoms with Crippen LogP contribution in [-0.4, -0.2) is 58.6 Å². The van der Waals surface area contributed by atoms with Gasteiger partial charge in [0, 0.05) is 53.9 Å². The number of halogens is 3. The minimum Gasteiger partial charge on any atom is -0.494 e. The lowest BCUT2D eigenvalue weighted by Gasteiger charge is -2.41. The summed E-state index contributed by atoms with van der Waals surface area (Å²) in [5, 5.41) is 13.2. The number of carbonyl (C=O) groups is 2. The maximum absolute atomic E-state index is 16.2. The van der Waals surface area contributed by atoms with E-state index in [9.17, 15) is 14.7 Å². The van der Waals surface area contributed by atoms with Crippen LogP contribution in [0.5, 0.6) is 5.75 Å². The van der Waals surface area contributed by atoms with Crippen molar-refractivity contribution in [2.75, 3.05) is 25.0 Å². The molecule has 0 bridgehead atoms. The first-order chi connectivity index (χ1) is 20.7. The smallest absolute Gasteiger partial charge is 0.306 e. The fourth-order valence-corrected chi connectivity index (χ4v) is 8.34. The van der Waals surface area contributed by atoms with Gasteiger partial charge in [-0.2, -0.15) is 0 Å². The molecule has 1 spiro atoms. The van der Waals surface area contributed by atoms with Crippen molar-refractivity contribution in [2.45, 2.75) is 49.9 Å². The van der Waals surface area contributed by atoms with Gasteiger partial charge in [-0.3, -0.25) is 19.4 Å². The van der Waals surface area contributed by atoms with Crippen molar-refractivity contribution in [3.05, 3.63) is 93.2 Å². The van der Waals surface area contributed by atoms with Gasteiger partial charge in [-0.25, -0.2) is 4.39 Å². The van der Waals surface area contributed by atoms with E-state index in [0.717, 1.165) is 29.8 Å². The van der Waals surface area contributed by atoms with Crippen LogP contribution in [0.4, 0.5) is 10.1 Å². The van der Waals surface area contributed by atoms with Gasteiger partial charge in [0.15, 0.2) is 0 Å². The Labute approximate surface area is 259 Å². The highest BCUT2D eigenvalue weighted by molar-refractivity contribution is 6.31. The number of fused-ring (bicyclic) bond motifs is 3. The molecule has 43 heavy (non-hydrogen) atoms. The SMILES string of the molecule is CCOc1cccc(CN2[C@@H]3CCN(CC4CC4C(=O)O)[C@@H]3[C@@H](c3cccc(Cl)c3F)[C@@]23C(=O)Nc2cc(Cl)ccc23)c1. The molecule has 2 N–H and O–H groups in total. The van der Waals surface area contributed by atoms with E-state index in [4.69, 9.17) is 27.9 Å². The molecule has 3 aromatic carbocycles. The largest absolute Gasteiger partial charge is 0.494 e. The number of likely N-dealkylation sites (tertiary alicyclic amines) is 2. The van der Waals surface area contributed by atoms with Gasteiger partial charge in [0.1, 0.15) is 17.1 Å². The van der Waals surface area contributed by atoms with E-state index in [1.165, 1.54) is 6.07 Å². The molecule has 7 nitrogen and oxygen atoms in total. The zero-order chi connectivity index (χ0) is 30.0. The second kappa shape index (κ2) is 10.8. The Hall–Kier alpha value is -3.17. The predicted octanol–water partition coefficient (Wildman–Crippen LogP) is 6.14. The lowest BCUT2D eigenvalue weighted by Crippen LogP contribution is -2.52. The number of benzene rings is 3. The molecule has 4 aliphatic rings. The number of nitrogens with one attached hydrogen (secondary N) is 1. The predicted molar refractivity (Wildman–Crippen MR) is 162 cm³/mol. The summed E-state index contributed by atoms with van der Waals surface area (Å²) in [4.78, 5) is 30.8. The summed E-state index contributed by atoms with van der Waals surface area (Å²) in [5.41, 5.74) is 1.44. The number of hydrogen-bond acceptors (Lipinski definition) is 5. The Bertz CT molecular complexity index is 1620. The monoisotopic (exact) mass is 623 g/mol. The number of carboxylic acids is 1. The fraction of sp³-hybridized carbons (Fsp3) is 0.394. The van der Waals surface area contributed by atoms with Gasteiger partial charge in [-0.05, 0) is 67.1 Å². The van der Waals surface area contributed by atoms with Gasteiger partial charge in [-0.15, -0.1) is 0 Å². The second-order valence-corrected chi connectivity index (χ2v) is 12.9. The molecule has 1 amide bonds. The van der Waals surface area contributed by atoms with Crippen LogP contribution in [0.25, 0.3) is 0 Å². The Balaban J connectivity index is 1.42. The first-order valence-corrected chi connectivity index (χ1v) is 15.5. The summed E-state index contributed by atoms with van der Waals surface area (Å²) in [6.07, 6.45) is 1.37. The second-order valence-electron chi connectivity index (χ2n) is 12.0. The van der Waals surface area contributed by atoms with Crippen molar-refractivity contribution < 1.29 is 23.8 Å². The molecule has 1 aliphatic carbocycles. The number of aliphatic carboxylic acids is 1. The summed E-state index contributed by atoms with van der Waals surface area (Å²) in [7, 11) is 0. The third kappa shape index (κ3) is 4.53. The van der Waals surface area contributed by atoms with Crippen molar-refractivity contribution in [2.24, 2.45) is 11.8 Å². The first-order valence-electron chi connectivity index (χ1n) is 14.7. The fourth-order valence-electron chi connectivity index (χ4n) is 7.98. The highest BCUT2D eigenvalue weighted by Crippen LogP contribution is 2.61. The van der Waals surface area contributed by atoms with E-state index >= 15 is 4.39 Å². The quantitative estimate of drug-likeness (QED) is 0.314. The molecule has 3 fully saturated rings. The molecule has 0 radical (unpaired) electrons. The van der Waals surface area contributed by atoms with Crippen molar-refractivity contribution in [1.82, 2.24) is 9.80 Å². The van der Waals surface area contributed by atoms with Crippen LogP contribution in [0, 0.1) is 17.7 Å². The topological polar surface area (TPSA) is 82.1 Å². The number of ether oxygens (including phenoxy) is 1. The molecule has 6 atom stereocenters. The number of rotatable bonds is 8. The van der Waals surface area contributed by atoms with Crippen LogP contribution < -0.4 is 10.1 Å². The van der Waals surface area contributed by atoms with Crippen molar-refractivity contribution >= 4 is 40.8 Å². The molecular weight excluding hydrogens is 592 g/mol. The Morgan fingerprint density at radius 3 is 2.74 bits per heavy atom. The maximum atomic E-state index is 16.2. The van der Waals surface area contributed by atoms with Crippen LogP contribution in [0.2, 0.25) is 10.0 Å². The zero-order valence-electron chi connectivity index (χ0n) is 23.6. The summed E-state index contributed by atoms with van der Waals surface area (Å²) in [6.45, 7) is 4.18. The summed E-state index contributed by atoms with van der Waals surface area (Å²) >= 11 is 12.8. The van der Waals surface area contributed by atoms with Crippen LogP contribution >= 0.6 is 23.2 Å². The molecule has 3 heterocycles. The minimum absolute atomic E-state index is 0.000480. The lowest BCUT2D eigenvalue weighted by atomic mass is 9.73. The molecule has 3 aliphatic heterocycles. The Morgan fingerprint density at radius 1 is 1.16 bits per heavy atom. The van der Waals surface area contributed by atoms with Gasteiger partial charge >= 0.3 is 5.97 Å². The molecule has 10 heteroatoms. The molecule has 0 aromatic heterocycles. The molecule has 2 unspecified atom stereocenters. The maximum Gasteiger partial charge on any atom is 0.306 e. The van der Waals surface area contributed by atoms with E-state index in [1.54, 1.807) is 24.3 Å². The van der Waals surface area contributed by atoms with Gasteiger partial charge in [0.05, 0.1) is 17.5 Å². The highest BCUT2D eigenvalue weighted by atomic mass is 35.5. The molecule has 224 valence electrons. The van der Waals surface area contributed by atoms with E-state index in [1.807, 2.05) is 37.3 Å². The lowest BCUT2D eigenvalue weighted by molar-refractivity contribution is -0.138. The Kier molecular flexibility index (Phi) is 7.16. The number of carboxylic acid groups (broad SMARTS) is 1. The zero-order valence-corrected chi connectivity index (χ0v) is 25.1.